The zero-order valence-electron chi connectivity index (χ0n) is 10.9. The molecule has 1 aromatic heterocycles. The van der Waals surface area contributed by atoms with Gasteiger partial charge in [0.1, 0.15) is 12.1 Å². The first-order valence-electron chi connectivity index (χ1n) is 7.10. The molecular weight excluding hydrogens is 236 g/mol. The molecule has 2 unspecified atom stereocenters. The summed E-state index contributed by atoms with van der Waals surface area (Å²) in [6.07, 6.45) is 4.34. The number of fused-ring (bicyclic) bond motifs is 2. The van der Waals surface area contributed by atoms with Crippen molar-refractivity contribution in [2.45, 2.75) is 18.9 Å². The average molecular weight is 254 g/mol. The lowest BCUT2D eigenvalue weighted by atomic mass is 9.94. The molecule has 2 aliphatic rings. The van der Waals surface area contributed by atoms with Crippen LogP contribution in [0.1, 0.15) is 12.8 Å². The monoisotopic (exact) mass is 254 g/mol. The Hall–Kier alpha value is -1.68. The van der Waals surface area contributed by atoms with E-state index in [4.69, 9.17) is 0 Å². The fourth-order valence-corrected chi connectivity index (χ4v) is 3.46. The Morgan fingerprint density at radius 2 is 2.11 bits per heavy atom. The molecule has 4 rings (SSSR count). The van der Waals surface area contributed by atoms with Crippen LogP contribution in [0, 0.1) is 5.92 Å². The van der Waals surface area contributed by atoms with Gasteiger partial charge in [0.05, 0.1) is 5.52 Å². The van der Waals surface area contributed by atoms with Crippen molar-refractivity contribution in [2.75, 3.05) is 24.5 Å². The number of rotatable bonds is 1. The zero-order valence-corrected chi connectivity index (χ0v) is 10.9. The number of anilines is 1. The fourth-order valence-electron chi connectivity index (χ4n) is 3.46. The van der Waals surface area contributed by atoms with Crippen LogP contribution >= 0.6 is 0 Å². The second-order valence-corrected chi connectivity index (χ2v) is 5.58. The molecule has 1 aromatic carbocycles. The minimum atomic E-state index is 0.641. The predicted molar refractivity (Wildman–Crippen MR) is 76.3 cm³/mol. The van der Waals surface area contributed by atoms with Gasteiger partial charge in [-0.05, 0) is 37.4 Å². The summed E-state index contributed by atoms with van der Waals surface area (Å²) in [5.41, 5.74) is 1.04. The highest BCUT2D eigenvalue weighted by atomic mass is 15.2. The number of hydrogen-bond donors (Lipinski definition) is 1. The number of para-hydroxylation sites is 1. The van der Waals surface area contributed by atoms with Crippen LogP contribution in [0.3, 0.4) is 0 Å². The maximum atomic E-state index is 4.53. The number of benzene rings is 1. The van der Waals surface area contributed by atoms with Crippen molar-refractivity contribution in [2.24, 2.45) is 5.92 Å². The molecule has 2 aliphatic heterocycles. The first-order valence-corrected chi connectivity index (χ1v) is 7.10. The van der Waals surface area contributed by atoms with E-state index in [1.165, 1.54) is 24.8 Å². The third-order valence-corrected chi connectivity index (χ3v) is 4.42. The summed E-state index contributed by atoms with van der Waals surface area (Å²) in [4.78, 5) is 11.3. The molecule has 0 radical (unpaired) electrons. The largest absolute Gasteiger partial charge is 0.354 e. The minimum absolute atomic E-state index is 0.641. The Bertz CT molecular complexity index is 578. The highest BCUT2D eigenvalue weighted by Gasteiger charge is 2.35. The van der Waals surface area contributed by atoms with Crippen molar-refractivity contribution in [3.8, 4) is 0 Å². The topological polar surface area (TPSA) is 41.0 Å². The molecule has 0 spiro atoms. The minimum Gasteiger partial charge on any atom is -0.354 e. The van der Waals surface area contributed by atoms with Gasteiger partial charge in [0.15, 0.2) is 0 Å². The van der Waals surface area contributed by atoms with Crippen molar-refractivity contribution >= 4 is 16.7 Å². The molecule has 2 atom stereocenters. The van der Waals surface area contributed by atoms with Gasteiger partial charge in [-0.3, -0.25) is 0 Å². The van der Waals surface area contributed by atoms with Gasteiger partial charge in [0.25, 0.3) is 0 Å². The van der Waals surface area contributed by atoms with Gasteiger partial charge in [-0.25, -0.2) is 9.97 Å². The highest BCUT2D eigenvalue weighted by molar-refractivity contribution is 5.89. The van der Waals surface area contributed by atoms with Crippen LogP contribution < -0.4 is 10.2 Å². The van der Waals surface area contributed by atoms with E-state index in [-0.39, 0.29) is 0 Å². The molecule has 0 aliphatic carbocycles. The van der Waals surface area contributed by atoms with E-state index in [1.807, 2.05) is 6.07 Å². The first kappa shape index (κ1) is 11.2. The number of piperidine rings is 1. The van der Waals surface area contributed by atoms with Crippen LogP contribution in [-0.2, 0) is 0 Å². The molecular formula is C15H18N4. The Kier molecular flexibility index (Phi) is 2.62. The smallest absolute Gasteiger partial charge is 0.139 e. The lowest BCUT2D eigenvalue weighted by Crippen LogP contribution is -2.40. The van der Waals surface area contributed by atoms with Gasteiger partial charge in [0, 0.05) is 24.5 Å². The second-order valence-electron chi connectivity index (χ2n) is 5.58. The first-order chi connectivity index (χ1) is 9.42. The van der Waals surface area contributed by atoms with Gasteiger partial charge in [-0.2, -0.15) is 0 Å². The lowest BCUT2D eigenvalue weighted by Gasteiger charge is -2.24. The molecule has 2 saturated heterocycles. The molecule has 98 valence electrons. The van der Waals surface area contributed by atoms with Crippen molar-refractivity contribution in [1.29, 1.82) is 0 Å². The number of hydrogen-bond acceptors (Lipinski definition) is 4. The molecule has 0 bridgehead atoms. The Labute approximate surface area is 112 Å². The zero-order chi connectivity index (χ0) is 12.7. The maximum absolute atomic E-state index is 4.53. The number of nitrogens with one attached hydrogen (secondary N) is 1. The fraction of sp³-hybridized carbons (Fsp3) is 0.467. The number of nitrogens with zero attached hydrogens (tertiary/aromatic N) is 3. The molecule has 2 aromatic rings. The SMILES string of the molecule is c1ccc2c(N3CC4CCCNC4C3)ncnc2c1. The normalized spacial score (nSPS) is 26.6. The van der Waals surface area contributed by atoms with E-state index in [1.54, 1.807) is 6.33 Å². The molecule has 19 heavy (non-hydrogen) atoms. The lowest BCUT2D eigenvalue weighted by molar-refractivity contribution is 0.340. The van der Waals surface area contributed by atoms with Crippen molar-refractivity contribution in [3.05, 3.63) is 30.6 Å². The second kappa shape index (κ2) is 4.46. The molecule has 2 fully saturated rings. The molecule has 0 saturated carbocycles. The average Bonchev–Trinajstić information content (AvgIpc) is 2.90. The van der Waals surface area contributed by atoms with Crippen LogP contribution in [0.25, 0.3) is 10.9 Å². The summed E-state index contributed by atoms with van der Waals surface area (Å²) in [6.45, 7) is 3.36. The Morgan fingerprint density at radius 3 is 3.05 bits per heavy atom. The predicted octanol–water partition coefficient (Wildman–Crippen LogP) is 1.82. The molecule has 3 heterocycles. The summed E-state index contributed by atoms with van der Waals surface area (Å²) < 4.78 is 0. The van der Waals surface area contributed by atoms with E-state index in [0.29, 0.717) is 6.04 Å². The maximum Gasteiger partial charge on any atom is 0.139 e. The summed E-state index contributed by atoms with van der Waals surface area (Å²) >= 11 is 0. The van der Waals surface area contributed by atoms with Crippen LogP contribution in [0.2, 0.25) is 0 Å². The van der Waals surface area contributed by atoms with Crippen LogP contribution in [0.5, 0.6) is 0 Å². The Morgan fingerprint density at radius 1 is 1.16 bits per heavy atom. The van der Waals surface area contributed by atoms with Gasteiger partial charge in [0.2, 0.25) is 0 Å². The van der Waals surface area contributed by atoms with E-state index in [2.05, 4.69) is 38.4 Å². The Balaban J connectivity index is 1.71. The molecule has 4 nitrogen and oxygen atoms in total. The van der Waals surface area contributed by atoms with Crippen molar-refractivity contribution in [3.63, 3.8) is 0 Å². The van der Waals surface area contributed by atoms with Crippen molar-refractivity contribution < 1.29 is 0 Å². The van der Waals surface area contributed by atoms with E-state index >= 15 is 0 Å². The molecule has 4 heteroatoms. The van der Waals surface area contributed by atoms with Gasteiger partial charge >= 0.3 is 0 Å². The highest BCUT2D eigenvalue weighted by Crippen LogP contribution is 2.31. The summed E-state index contributed by atoms with van der Waals surface area (Å²) in [7, 11) is 0. The van der Waals surface area contributed by atoms with Crippen molar-refractivity contribution in [1.82, 2.24) is 15.3 Å². The van der Waals surface area contributed by atoms with Crippen LogP contribution in [0.15, 0.2) is 30.6 Å². The van der Waals surface area contributed by atoms with Gasteiger partial charge < -0.3 is 10.2 Å². The van der Waals surface area contributed by atoms with Crippen LogP contribution in [0.4, 0.5) is 5.82 Å². The van der Waals surface area contributed by atoms with E-state index in [9.17, 15) is 0 Å². The van der Waals surface area contributed by atoms with Crippen LogP contribution in [-0.4, -0.2) is 35.6 Å². The van der Waals surface area contributed by atoms with Gasteiger partial charge in [-0.15, -0.1) is 0 Å². The van der Waals surface area contributed by atoms with Gasteiger partial charge in [-0.1, -0.05) is 12.1 Å². The van der Waals surface area contributed by atoms with E-state index < -0.39 is 0 Å². The summed E-state index contributed by atoms with van der Waals surface area (Å²) in [5.74, 6) is 1.88. The number of aromatic nitrogens is 2. The molecule has 0 amide bonds. The third kappa shape index (κ3) is 1.87. The molecule has 1 N–H and O–H groups in total. The standard InChI is InChI=1S/C15H18N4/c1-2-6-13-12(5-1)15(18-10-17-13)19-8-11-4-3-7-16-14(11)9-19/h1-2,5-6,10-11,14,16H,3-4,7-9H2. The summed E-state index contributed by atoms with van der Waals surface area (Å²) in [6, 6.07) is 8.92. The quantitative estimate of drug-likeness (QED) is 0.843. The summed E-state index contributed by atoms with van der Waals surface area (Å²) in [5, 5.41) is 4.81. The van der Waals surface area contributed by atoms with E-state index in [0.717, 1.165) is 30.3 Å². The third-order valence-electron chi connectivity index (χ3n) is 4.42.